The van der Waals surface area contributed by atoms with Crippen molar-refractivity contribution in [1.29, 1.82) is 0 Å². The zero-order chi connectivity index (χ0) is 20.8. The lowest BCUT2D eigenvalue weighted by Gasteiger charge is -2.23. The standard InChI is InChI=1S/C24H27NO4.ClH/c1-25(2)16-20-6-4-5-19(23(20)26)15-17-7-11-22(12-8-17)29-24(27)18-9-13-21(28-3)14-10-18;/h7-15,20H,4-6,16H2,1-3H3;1H/b19-15+;. The number of benzene rings is 2. The maximum Gasteiger partial charge on any atom is 0.343 e. The van der Waals surface area contributed by atoms with Gasteiger partial charge < -0.3 is 26.8 Å². The van der Waals surface area contributed by atoms with Crippen molar-refractivity contribution in [2.24, 2.45) is 5.92 Å². The fraction of sp³-hybridized carbons (Fsp3) is 0.333. The van der Waals surface area contributed by atoms with Crippen LogP contribution in [0.15, 0.2) is 54.1 Å². The van der Waals surface area contributed by atoms with E-state index < -0.39 is 5.97 Å². The van der Waals surface area contributed by atoms with Crippen LogP contribution >= 0.6 is 0 Å². The molecule has 1 aliphatic rings. The first-order valence-corrected chi connectivity index (χ1v) is 9.96. The van der Waals surface area contributed by atoms with Gasteiger partial charge in [-0.3, -0.25) is 4.79 Å². The van der Waals surface area contributed by atoms with Crippen LogP contribution in [0.4, 0.5) is 0 Å². The van der Waals surface area contributed by atoms with E-state index in [2.05, 4.69) is 14.1 Å². The van der Waals surface area contributed by atoms with Crippen LogP contribution in [0.25, 0.3) is 6.08 Å². The molecular formula is C24H28ClNO4. The van der Waals surface area contributed by atoms with E-state index in [-0.39, 0.29) is 24.1 Å². The second-order valence-electron chi connectivity index (χ2n) is 7.72. The number of ketones is 1. The number of methoxy groups -OCH3 is 1. The molecule has 30 heavy (non-hydrogen) atoms. The van der Waals surface area contributed by atoms with Crippen molar-refractivity contribution in [2.45, 2.75) is 19.3 Å². The van der Waals surface area contributed by atoms with Crippen LogP contribution in [-0.4, -0.2) is 39.5 Å². The number of quaternary nitrogens is 1. The molecule has 6 heteroatoms. The number of hydrogen-bond acceptors (Lipinski definition) is 4. The highest BCUT2D eigenvalue weighted by atomic mass is 35.5. The Morgan fingerprint density at radius 2 is 1.70 bits per heavy atom. The van der Waals surface area contributed by atoms with Crippen molar-refractivity contribution < 1.29 is 36.4 Å². The molecule has 1 saturated carbocycles. The van der Waals surface area contributed by atoms with E-state index in [9.17, 15) is 9.59 Å². The monoisotopic (exact) mass is 429 g/mol. The van der Waals surface area contributed by atoms with E-state index in [1.165, 1.54) is 4.90 Å². The van der Waals surface area contributed by atoms with Crippen LogP contribution in [0.5, 0.6) is 11.5 Å². The van der Waals surface area contributed by atoms with E-state index in [1.807, 2.05) is 18.2 Å². The third-order valence-corrected chi connectivity index (χ3v) is 5.10. The van der Waals surface area contributed by atoms with Gasteiger partial charge in [-0.15, -0.1) is 0 Å². The summed E-state index contributed by atoms with van der Waals surface area (Å²) in [7, 11) is 5.74. The molecule has 0 bridgehead atoms. The molecular weight excluding hydrogens is 402 g/mol. The predicted octanol–water partition coefficient (Wildman–Crippen LogP) is -0.184. The summed E-state index contributed by atoms with van der Waals surface area (Å²) in [6, 6.07) is 14.0. The Kier molecular flexibility index (Phi) is 8.63. The van der Waals surface area contributed by atoms with Gasteiger partial charge in [-0.05, 0) is 72.9 Å². The van der Waals surface area contributed by atoms with Crippen LogP contribution in [0.2, 0.25) is 0 Å². The average molecular weight is 430 g/mol. The molecule has 160 valence electrons. The first-order chi connectivity index (χ1) is 14.0. The number of Topliss-reactive ketones (excluding diaryl/α,β-unsaturated/α-hetero) is 1. The van der Waals surface area contributed by atoms with Crippen LogP contribution in [0, 0.1) is 5.92 Å². The van der Waals surface area contributed by atoms with Crippen molar-refractivity contribution in [3.05, 3.63) is 65.2 Å². The van der Waals surface area contributed by atoms with Crippen LogP contribution in [-0.2, 0) is 4.79 Å². The normalized spacial score (nSPS) is 17.5. The number of carbonyl (C=O) groups excluding carboxylic acids is 2. The Morgan fingerprint density at radius 1 is 1.07 bits per heavy atom. The molecule has 1 aliphatic carbocycles. The number of nitrogens with one attached hydrogen (secondary N) is 1. The number of rotatable bonds is 6. The van der Waals surface area contributed by atoms with Crippen molar-refractivity contribution in [3.63, 3.8) is 0 Å². The van der Waals surface area contributed by atoms with Crippen LogP contribution < -0.4 is 26.8 Å². The number of esters is 1. The van der Waals surface area contributed by atoms with Gasteiger partial charge in [-0.2, -0.15) is 0 Å². The van der Waals surface area contributed by atoms with Crippen molar-refractivity contribution >= 4 is 17.8 Å². The number of ether oxygens (including phenoxy) is 2. The Labute approximate surface area is 184 Å². The maximum atomic E-state index is 12.7. The minimum Gasteiger partial charge on any atom is -1.00 e. The lowest BCUT2D eigenvalue weighted by atomic mass is 9.83. The molecule has 2 aromatic carbocycles. The summed E-state index contributed by atoms with van der Waals surface area (Å²) < 4.78 is 10.5. The van der Waals surface area contributed by atoms with E-state index in [1.54, 1.807) is 43.5 Å². The van der Waals surface area contributed by atoms with E-state index in [0.29, 0.717) is 17.1 Å². The first kappa shape index (κ1) is 23.6. The first-order valence-electron chi connectivity index (χ1n) is 9.96. The van der Waals surface area contributed by atoms with Gasteiger partial charge in [0.25, 0.3) is 0 Å². The highest BCUT2D eigenvalue weighted by Gasteiger charge is 2.28. The summed E-state index contributed by atoms with van der Waals surface area (Å²) in [4.78, 5) is 26.3. The van der Waals surface area contributed by atoms with Crippen molar-refractivity contribution in [3.8, 4) is 11.5 Å². The molecule has 1 atom stereocenters. The molecule has 0 aromatic heterocycles. The lowest BCUT2D eigenvalue weighted by Crippen LogP contribution is -3.06. The van der Waals surface area contributed by atoms with Gasteiger partial charge >= 0.3 is 5.97 Å². The second-order valence-corrected chi connectivity index (χ2v) is 7.72. The summed E-state index contributed by atoms with van der Waals surface area (Å²) >= 11 is 0. The molecule has 0 aliphatic heterocycles. The van der Waals surface area contributed by atoms with Gasteiger partial charge in [0.1, 0.15) is 11.5 Å². The molecule has 0 saturated heterocycles. The van der Waals surface area contributed by atoms with Crippen LogP contribution in [0.1, 0.15) is 35.2 Å². The zero-order valence-electron chi connectivity index (χ0n) is 17.6. The quantitative estimate of drug-likeness (QED) is 0.393. The smallest absolute Gasteiger partial charge is 0.343 e. The second kappa shape index (κ2) is 11.0. The fourth-order valence-corrected chi connectivity index (χ4v) is 3.61. The Morgan fingerprint density at radius 3 is 2.30 bits per heavy atom. The molecule has 0 radical (unpaired) electrons. The van der Waals surface area contributed by atoms with Gasteiger partial charge in [-0.25, -0.2) is 4.79 Å². The molecule has 0 heterocycles. The Hall–Kier alpha value is -2.63. The van der Waals surface area contributed by atoms with E-state index >= 15 is 0 Å². The third kappa shape index (κ3) is 6.18. The third-order valence-electron chi connectivity index (χ3n) is 5.10. The molecule has 1 N–H and O–H groups in total. The minimum atomic E-state index is -0.421. The number of allylic oxidation sites excluding steroid dienone is 1. The zero-order valence-corrected chi connectivity index (χ0v) is 18.4. The SMILES string of the molecule is COc1ccc(C(=O)Oc2ccc(/C=C3\CCCC(C[NH+](C)C)C3=O)cc2)cc1.[Cl-]. The van der Waals surface area contributed by atoms with Crippen molar-refractivity contribution in [2.75, 3.05) is 27.7 Å². The van der Waals surface area contributed by atoms with Gasteiger partial charge in [-0.1, -0.05) is 12.1 Å². The fourth-order valence-electron chi connectivity index (χ4n) is 3.61. The van der Waals surface area contributed by atoms with E-state index in [4.69, 9.17) is 9.47 Å². The molecule has 5 nitrogen and oxygen atoms in total. The number of halogens is 1. The summed E-state index contributed by atoms with van der Waals surface area (Å²) in [5, 5.41) is 0. The van der Waals surface area contributed by atoms with Gasteiger partial charge in [0, 0.05) is 0 Å². The van der Waals surface area contributed by atoms with Gasteiger partial charge in [0.2, 0.25) is 0 Å². The number of carbonyl (C=O) groups is 2. The molecule has 2 aromatic rings. The largest absolute Gasteiger partial charge is 1.00 e. The molecule has 3 rings (SSSR count). The molecule has 0 spiro atoms. The molecule has 1 fully saturated rings. The Bertz CT molecular complexity index is 888. The highest BCUT2D eigenvalue weighted by molar-refractivity contribution is 6.01. The van der Waals surface area contributed by atoms with Crippen molar-refractivity contribution in [1.82, 2.24) is 0 Å². The van der Waals surface area contributed by atoms with Gasteiger partial charge in [0.05, 0.1) is 39.2 Å². The van der Waals surface area contributed by atoms with Crippen LogP contribution in [0.3, 0.4) is 0 Å². The average Bonchev–Trinajstić information content (AvgIpc) is 2.72. The highest BCUT2D eigenvalue weighted by Crippen LogP contribution is 2.27. The summed E-state index contributed by atoms with van der Waals surface area (Å²) in [6.45, 7) is 0.871. The summed E-state index contributed by atoms with van der Waals surface area (Å²) in [6.07, 6.45) is 4.82. The van der Waals surface area contributed by atoms with E-state index in [0.717, 1.165) is 36.9 Å². The number of hydrogen-bond donors (Lipinski definition) is 1. The minimum absolute atomic E-state index is 0. The summed E-state index contributed by atoms with van der Waals surface area (Å²) in [5.74, 6) is 1.12. The predicted molar refractivity (Wildman–Crippen MR) is 112 cm³/mol. The molecule has 0 amide bonds. The van der Waals surface area contributed by atoms with Gasteiger partial charge in [0.15, 0.2) is 5.78 Å². The Balaban J connectivity index is 0.00000320. The molecule has 1 unspecified atom stereocenters. The topological polar surface area (TPSA) is 57.0 Å². The summed E-state index contributed by atoms with van der Waals surface area (Å²) in [5.41, 5.74) is 2.29. The maximum absolute atomic E-state index is 12.7. The lowest BCUT2D eigenvalue weighted by molar-refractivity contribution is -0.860.